The second-order valence-electron chi connectivity index (χ2n) is 6.46. The van der Waals surface area contributed by atoms with Crippen LogP contribution in [0.3, 0.4) is 0 Å². The van der Waals surface area contributed by atoms with Gasteiger partial charge in [0.15, 0.2) is 0 Å². The van der Waals surface area contributed by atoms with E-state index in [0.29, 0.717) is 19.5 Å². The Morgan fingerprint density at radius 2 is 1.54 bits per heavy atom. The van der Waals surface area contributed by atoms with E-state index in [1.165, 1.54) is 4.57 Å². The minimum atomic E-state index is -0.196. The lowest BCUT2D eigenvalue weighted by Crippen LogP contribution is -2.44. The van der Waals surface area contributed by atoms with Crippen molar-refractivity contribution in [2.75, 3.05) is 5.75 Å². The third kappa shape index (κ3) is 3.27. The van der Waals surface area contributed by atoms with E-state index in [0.717, 1.165) is 33.9 Å². The Morgan fingerprint density at radius 1 is 0.885 bits per heavy atom. The van der Waals surface area contributed by atoms with Crippen LogP contribution in [0.1, 0.15) is 23.1 Å². The van der Waals surface area contributed by atoms with Crippen LogP contribution in [0.4, 0.5) is 0 Å². The summed E-state index contributed by atoms with van der Waals surface area (Å²) in [6.07, 6.45) is 1.50. The average Bonchev–Trinajstić information content (AvgIpc) is 2.70. The molecule has 132 valence electrons. The van der Waals surface area contributed by atoms with Gasteiger partial charge in [-0.1, -0.05) is 60.7 Å². The molecule has 4 nitrogen and oxygen atoms in total. The second-order valence-corrected chi connectivity index (χ2v) is 7.54. The molecule has 1 aliphatic heterocycles. The van der Waals surface area contributed by atoms with Gasteiger partial charge >= 0.3 is 5.69 Å². The normalized spacial score (nSPS) is 13.4. The summed E-state index contributed by atoms with van der Waals surface area (Å²) in [5, 5.41) is 0.847. The van der Waals surface area contributed by atoms with E-state index < -0.39 is 0 Å². The number of aromatic nitrogens is 2. The summed E-state index contributed by atoms with van der Waals surface area (Å²) in [5.74, 6) is 0.948. The zero-order valence-electron chi connectivity index (χ0n) is 14.4. The highest BCUT2D eigenvalue weighted by molar-refractivity contribution is 7.99. The van der Waals surface area contributed by atoms with Crippen LogP contribution in [0.15, 0.2) is 75.3 Å². The van der Waals surface area contributed by atoms with Crippen LogP contribution >= 0.6 is 11.8 Å². The minimum Gasteiger partial charge on any atom is -0.288 e. The molecule has 0 spiro atoms. The van der Waals surface area contributed by atoms with Crippen molar-refractivity contribution >= 4 is 11.8 Å². The summed E-state index contributed by atoms with van der Waals surface area (Å²) < 4.78 is 3.18. The number of thioether (sulfide) groups is 1. The summed E-state index contributed by atoms with van der Waals surface area (Å²) in [5.41, 5.74) is 2.42. The quantitative estimate of drug-likeness (QED) is 0.668. The van der Waals surface area contributed by atoms with Gasteiger partial charge in [0.25, 0.3) is 5.56 Å². The van der Waals surface area contributed by atoms with Crippen molar-refractivity contribution in [3.8, 4) is 0 Å². The molecule has 3 aromatic rings. The lowest BCUT2D eigenvalue weighted by atomic mass is 10.1. The van der Waals surface area contributed by atoms with Gasteiger partial charge in [0.05, 0.1) is 17.1 Å². The van der Waals surface area contributed by atoms with Crippen molar-refractivity contribution in [2.24, 2.45) is 0 Å². The molecule has 1 aliphatic rings. The van der Waals surface area contributed by atoms with Crippen LogP contribution in [0.25, 0.3) is 0 Å². The van der Waals surface area contributed by atoms with Gasteiger partial charge in [-0.2, -0.15) is 0 Å². The lowest BCUT2D eigenvalue weighted by Gasteiger charge is -2.22. The molecule has 0 unspecified atom stereocenters. The molecular weight excluding hydrogens is 344 g/mol. The molecule has 0 amide bonds. The Morgan fingerprint density at radius 3 is 2.23 bits per heavy atom. The van der Waals surface area contributed by atoms with Gasteiger partial charge < -0.3 is 0 Å². The first kappa shape index (κ1) is 16.9. The third-order valence-electron chi connectivity index (χ3n) is 4.64. The van der Waals surface area contributed by atoms with Crippen LogP contribution in [0.5, 0.6) is 0 Å². The largest absolute Gasteiger partial charge is 0.332 e. The zero-order valence-corrected chi connectivity index (χ0v) is 15.2. The van der Waals surface area contributed by atoms with Crippen molar-refractivity contribution < 1.29 is 0 Å². The van der Waals surface area contributed by atoms with Crippen LogP contribution in [0.2, 0.25) is 0 Å². The monoisotopic (exact) mass is 364 g/mol. The second kappa shape index (κ2) is 7.38. The van der Waals surface area contributed by atoms with Gasteiger partial charge in [-0.25, -0.2) is 4.79 Å². The molecule has 5 heteroatoms. The lowest BCUT2D eigenvalue weighted by molar-refractivity contribution is 0.512. The number of benzene rings is 2. The molecule has 0 saturated carbocycles. The Hall–Kier alpha value is -2.53. The van der Waals surface area contributed by atoms with Crippen LogP contribution < -0.4 is 11.2 Å². The summed E-state index contributed by atoms with van der Waals surface area (Å²) in [6, 6.07) is 19.7. The number of fused-ring (bicyclic) bond motifs is 1. The molecular formula is C21H20N2O2S. The van der Waals surface area contributed by atoms with Crippen molar-refractivity contribution in [1.82, 2.24) is 9.13 Å². The number of hydrogen-bond donors (Lipinski definition) is 0. The fourth-order valence-corrected chi connectivity index (χ4v) is 4.47. The van der Waals surface area contributed by atoms with Crippen LogP contribution in [0, 0.1) is 0 Å². The maximum atomic E-state index is 13.2. The van der Waals surface area contributed by atoms with E-state index in [1.807, 2.05) is 60.7 Å². The molecule has 2 aromatic carbocycles. The topological polar surface area (TPSA) is 44.0 Å². The van der Waals surface area contributed by atoms with E-state index in [1.54, 1.807) is 16.3 Å². The third-order valence-corrected chi connectivity index (χ3v) is 5.87. The van der Waals surface area contributed by atoms with Gasteiger partial charge in [0, 0.05) is 18.7 Å². The molecule has 0 bridgehead atoms. The van der Waals surface area contributed by atoms with Crippen LogP contribution in [-0.4, -0.2) is 14.9 Å². The standard InChI is InChI=1S/C21H20N2O2S/c24-19-18(14-16-8-3-1-4-9-16)20-22(12-7-13-26-20)21(25)23(19)15-17-10-5-2-6-11-17/h1-6,8-11H,7,12-15H2. The Labute approximate surface area is 156 Å². The van der Waals surface area contributed by atoms with E-state index in [9.17, 15) is 9.59 Å². The molecule has 0 aliphatic carbocycles. The maximum Gasteiger partial charge on any atom is 0.332 e. The minimum absolute atomic E-state index is 0.164. The first-order valence-electron chi connectivity index (χ1n) is 8.81. The summed E-state index contributed by atoms with van der Waals surface area (Å²) in [4.78, 5) is 26.2. The van der Waals surface area contributed by atoms with Crippen LogP contribution in [-0.2, 0) is 19.5 Å². The molecule has 26 heavy (non-hydrogen) atoms. The van der Waals surface area contributed by atoms with Gasteiger partial charge in [-0.15, -0.1) is 11.8 Å². The molecule has 0 N–H and O–H groups in total. The van der Waals surface area contributed by atoms with E-state index >= 15 is 0 Å². The van der Waals surface area contributed by atoms with Crippen molar-refractivity contribution in [1.29, 1.82) is 0 Å². The van der Waals surface area contributed by atoms with Crippen molar-refractivity contribution in [3.05, 3.63) is 98.2 Å². The first-order valence-corrected chi connectivity index (χ1v) is 9.80. The fraction of sp³-hybridized carbons (Fsp3) is 0.238. The molecule has 0 fully saturated rings. The molecule has 2 heterocycles. The summed E-state index contributed by atoms with van der Waals surface area (Å²) in [7, 11) is 0. The van der Waals surface area contributed by atoms with Gasteiger partial charge in [-0.3, -0.25) is 13.9 Å². The SMILES string of the molecule is O=c1c(Cc2ccccc2)c2n(c(=O)n1Cc1ccccc1)CCCS2. The number of nitrogens with zero attached hydrogens (tertiary/aromatic N) is 2. The summed E-state index contributed by atoms with van der Waals surface area (Å²) in [6.45, 7) is 0.989. The van der Waals surface area contributed by atoms with E-state index in [-0.39, 0.29) is 11.2 Å². The highest BCUT2D eigenvalue weighted by atomic mass is 32.2. The summed E-state index contributed by atoms with van der Waals surface area (Å²) >= 11 is 1.63. The van der Waals surface area contributed by atoms with Gasteiger partial charge in [0.2, 0.25) is 0 Å². The van der Waals surface area contributed by atoms with Crippen molar-refractivity contribution in [3.63, 3.8) is 0 Å². The van der Waals surface area contributed by atoms with E-state index in [4.69, 9.17) is 0 Å². The predicted molar refractivity (Wildman–Crippen MR) is 105 cm³/mol. The zero-order chi connectivity index (χ0) is 17.9. The fourth-order valence-electron chi connectivity index (χ4n) is 3.35. The van der Waals surface area contributed by atoms with Crippen molar-refractivity contribution in [2.45, 2.75) is 31.0 Å². The Bertz CT molecular complexity index is 1020. The molecule has 0 atom stereocenters. The predicted octanol–water partition coefficient (Wildman–Crippen LogP) is 3.14. The molecule has 4 rings (SSSR count). The highest BCUT2D eigenvalue weighted by Crippen LogP contribution is 2.26. The number of hydrogen-bond acceptors (Lipinski definition) is 3. The molecule has 0 saturated heterocycles. The Kier molecular flexibility index (Phi) is 4.80. The smallest absolute Gasteiger partial charge is 0.288 e. The van der Waals surface area contributed by atoms with Gasteiger partial charge in [0.1, 0.15) is 0 Å². The Balaban J connectivity index is 1.85. The molecule has 1 aromatic heterocycles. The van der Waals surface area contributed by atoms with E-state index in [2.05, 4.69) is 0 Å². The number of rotatable bonds is 4. The highest BCUT2D eigenvalue weighted by Gasteiger charge is 2.22. The molecule has 0 radical (unpaired) electrons. The maximum absolute atomic E-state index is 13.2. The van der Waals surface area contributed by atoms with Gasteiger partial charge in [-0.05, 0) is 17.5 Å². The average molecular weight is 364 g/mol. The first-order chi connectivity index (χ1) is 12.7.